The molecule has 0 spiro atoms. The van der Waals surface area contributed by atoms with Crippen LogP contribution in [-0.2, 0) is 4.79 Å². The third-order valence-corrected chi connectivity index (χ3v) is 4.19. The number of para-hydroxylation sites is 1. The summed E-state index contributed by atoms with van der Waals surface area (Å²) in [6, 6.07) is 10.8. The maximum absolute atomic E-state index is 12.0. The number of aromatic nitrogens is 4. The number of amides is 1. The van der Waals surface area contributed by atoms with E-state index in [1.807, 2.05) is 24.3 Å². The third kappa shape index (κ3) is 3.88. The second kappa shape index (κ2) is 7.26. The highest BCUT2D eigenvalue weighted by Crippen LogP contribution is 2.22. The highest BCUT2D eigenvalue weighted by atomic mass is 35.5. The van der Waals surface area contributed by atoms with Gasteiger partial charge in [0.1, 0.15) is 6.33 Å². The minimum absolute atomic E-state index is 0.163. The van der Waals surface area contributed by atoms with Gasteiger partial charge in [-0.05, 0) is 24.3 Å². The van der Waals surface area contributed by atoms with E-state index in [9.17, 15) is 4.79 Å². The molecule has 0 aliphatic rings. The van der Waals surface area contributed by atoms with E-state index in [-0.39, 0.29) is 11.7 Å². The molecule has 0 fully saturated rings. The molecule has 116 valence electrons. The molecule has 0 radical (unpaired) electrons. The first-order valence-electron chi connectivity index (χ1n) is 6.71. The number of rotatable bonds is 5. The Bertz CT molecular complexity index is 808. The number of benzene rings is 1. The Hall–Kier alpha value is -2.38. The van der Waals surface area contributed by atoms with Crippen LogP contribution in [0.3, 0.4) is 0 Å². The first-order chi connectivity index (χ1) is 11.2. The molecule has 0 saturated carbocycles. The van der Waals surface area contributed by atoms with Crippen molar-refractivity contribution in [3.8, 4) is 5.69 Å². The summed E-state index contributed by atoms with van der Waals surface area (Å²) in [5, 5.41) is 11.8. The minimum Gasteiger partial charge on any atom is -0.324 e. The molecule has 2 aromatic heterocycles. The van der Waals surface area contributed by atoms with E-state index in [0.29, 0.717) is 15.9 Å². The van der Waals surface area contributed by atoms with Gasteiger partial charge in [-0.25, -0.2) is 0 Å². The number of hydrogen-bond donors (Lipinski definition) is 1. The number of carbonyl (C=O) groups excluding carboxylic acids is 1. The zero-order valence-electron chi connectivity index (χ0n) is 11.9. The van der Waals surface area contributed by atoms with Crippen molar-refractivity contribution in [1.29, 1.82) is 0 Å². The Kier molecular flexibility index (Phi) is 4.89. The smallest absolute Gasteiger partial charge is 0.234 e. The number of hydrogen-bond acceptors (Lipinski definition) is 5. The van der Waals surface area contributed by atoms with E-state index in [0.717, 1.165) is 5.69 Å². The summed E-state index contributed by atoms with van der Waals surface area (Å²) in [6.07, 6.45) is 4.99. The highest BCUT2D eigenvalue weighted by Gasteiger charge is 2.11. The van der Waals surface area contributed by atoms with Gasteiger partial charge in [-0.2, -0.15) is 0 Å². The Balaban J connectivity index is 1.64. The molecule has 0 aliphatic heterocycles. The number of anilines is 1. The summed E-state index contributed by atoms with van der Waals surface area (Å²) < 4.78 is 1.78. The largest absolute Gasteiger partial charge is 0.324 e. The molecule has 0 unspecified atom stereocenters. The predicted octanol–water partition coefficient (Wildman–Crippen LogP) is 3.05. The molecule has 6 nitrogen and oxygen atoms in total. The van der Waals surface area contributed by atoms with Crippen LogP contribution in [0.2, 0.25) is 5.02 Å². The van der Waals surface area contributed by atoms with E-state index in [1.165, 1.54) is 11.8 Å². The van der Waals surface area contributed by atoms with Gasteiger partial charge in [-0.15, -0.1) is 10.2 Å². The molecule has 1 N–H and O–H groups in total. The van der Waals surface area contributed by atoms with Gasteiger partial charge in [0.05, 0.1) is 28.3 Å². The minimum atomic E-state index is -0.163. The van der Waals surface area contributed by atoms with Crippen LogP contribution >= 0.6 is 23.4 Å². The van der Waals surface area contributed by atoms with Crippen LogP contribution in [-0.4, -0.2) is 31.4 Å². The number of nitrogens with one attached hydrogen (secondary N) is 1. The normalized spacial score (nSPS) is 10.5. The van der Waals surface area contributed by atoms with E-state index < -0.39 is 0 Å². The molecular weight excluding hydrogens is 334 g/mol. The van der Waals surface area contributed by atoms with Crippen LogP contribution in [0.15, 0.2) is 60.3 Å². The second-order valence-corrected chi connectivity index (χ2v) is 5.86. The first-order valence-corrected chi connectivity index (χ1v) is 8.08. The van der Waals surface area contributed by atoms with Crippen molar-refractivity contribution in [3.63, 3.8) is 0 Å². The van der Waals surface area contributed by atoms with E-state index in [1.54, 1.807) is 35.4 Å². The van der Waals surface area contributed by atoms with E-state index in [2.05, 4.69) is 20.5 Å². The van der Waals surface area contributed by atoms with Gasteiger partial charge in [0.25, 0.3) is 0 Å². The Morgan fingerprint density at radius 2 is 2.13 bits per heavy atom. The van der Waals surface area contributed by atoms with Crippen LogP contribution in [0, 0.1) is 0 Å². The summed E-state index contributed by atoms with van der Waals surface area (Å²) >= 11 is 7.31. The zero-order valence-corrected chi connectivity index (χ0v) is 13.5. The van der Waals surface area contributed by atoms with Gasteiger partial charge in [-0.1, -0.05) is 35.5 Å². The van der Waals surface area contributed by atoms with Crippen molar-refractivity contribution in [2.24, 2.45) is 0 Å². The van der Waals surface area contributed by atoms with E-state index >= 15 is 0 Å². The fraction of sp³-hybridized carbons (Fsp3) is 0.0667. The lowest BCUT2D eigenvalue weighted by Gasteiger charge is -2.07. The van der Waals surface area contributed by atoms with Crippen LogP contribution in [0.5, 0.6) is 0 Å². The average Bonchev–Trinajstić information content (AvgIpc) is 3.04. The lowest BCUT2D eigenvalue weighted by atomic mass is 10.3. The topological polar surface area (TPSA) is 72.7 Å². The SMILES string of the molecule is O=C(CSc1nncn1-c1cccnc1)Nc1ccccc1Cl. The van der Waals surface area contributed by atoms with Gasteiger partial charge < -0.3 is 5.32 Å². The highest BCUT2D eigenvalue weighted by molar-refractivity contribution is 7.99. The Morgan fingerprint density at radius 1 is 1.26 bits per heavy atom. The van der Waals surface area contributed by atoms with Crippen molar-refractivity contribution in [1.82, 2.24) is 19.7 Å². The lowest BCUT2D eigenvalue weighted by Crippen LogP contribution is -2.14. The molecular formula is C15H12ClN5OS. The molecule has 3 rings (SSSR count). The second-order valence-electron chi connectivity index (χ2n) is 4.51. The molecule has 0 atom stereocenters. The number of carbonyl (C=O) groups is 1. The standard InChI is InChI=1S/C15H12ClN5OS/c16-12-5-1-2-6-13(12)19-14(22)9-23-15-20-18-10-21(15)11-4-3-7-17-8-11/h1-8,10H,9H2,(H,19,22). The predicted molar refractivity (Wildman–Crippen MR) is 90.0 cm³/mol. The number of nitrogens with zero attached hydrogens (tertiary/aromatic N) is 4. The fourth-order valence-electron chi connectivity index (χ4n) is 1.88. The van der Waals surface area contributed by atoms with Crippen LogP contribution in [0.1, 0.15) is 0 Å². The van der Waals surface area contributed by atoms with Gasteiger partial charge in [-0.3, -0.25) is 14.3 Å². The van der Waals surface area contributed by atoms with Crippen LogP contribution in [0.25, 0.3) is 5.69 Å². The number of halogens is 1. The molecule has 1 aromatic carbocycles. The van der Waals surface area contributed by atoms with Crippen molar-refractivity contribution in [2.75, 3.05) is 11.1 Å². The maximum Gasteiger partial charge on any atom is 0.234 e. The number of thioether (sulfide) groups is 1. The molecule has 3 aromatic rings. The summed E-state index contributed by atoms with van der Waals surface area (Å²) in [5.74, 6) is 0.0355. The van der Waals surface area contributed by atoms with E-state index in [4.69, 9.17) is 11.6 Å². The average molecular weight is 346 g/mol. The Labute approximate surface area is 141 Å². The number of pyridine rings is 1. The van der Waals surface area contributed by atoms with Crippen LogP contribution < -0.4 is 5.32 Å². The summed E-state index contributed by atoms with van der Waals surface area (Å²) in [7, 11) is 0. The molecule has 8 heteroatoms. The monoisotopic (exact) mass is 345 g/mol. The van der Waals surface area contributed by atoms with Gasteiger partial charge in [0.2, 0.25) is 5.91 Å². The summed E-state index contributed by atoms with van der Waals surface area (Å²) in [6.45, 7) is 0. The van der Waals surface area contributed by atoms with Gasteiger partial charge in [0, 0.05) is 6.20 Å². The fourth-order valence-corrected chi connectivity index (χ4v) is 2.79. The molecule has 0 saturated heterocycles. The quantitative estimate of drug-likeness (QED) is 0.719. The molecule has 0 bridgehead atoms. The first kappa shape index (κ1) is 15.5. The van der Waals surface area contributed by atoms with Gasteiger partial charge >= 0.3 is 0 Å². The third-order valence-electron chi connectivity index (χ3n) is 2.92. The molecule has 0 aliphatic carbocycles. The van der Waals surface area contributed by atoms with Crippen LogP contribution in [0.4, 0.5) is 5.69 Å². The summed E-state index contributed by atoms with van der Waals surface area (Å²) in [5.41, 5.74) is 1.43. The van der Waals surface area contributed by atoms with Crippen molar-refractivity contribution in [3.05, 3.63) is 60.1 Å². The lowest BCUT2D eigenvalue weighted by molar-refractivity contribution is -0.113. The zero-order chi connectivity index (χ0) is 16.1. The molecule has 2 heterocycles. The van der Waals surface area contributed by atoms with Crippen molar-refractivity contribution >= 4 is 35.0 Å². The van der Waals surface area contributed by atoms with Crippen molar-refractivity contribution in [2.45, 2.75) is 5.16 Å². The molecule has 1 amide bonds. The molecule has 23 heavy (non-hydrogen) atoms. The maximum atomic E-state index is 12.0. The van der Waals surface area contributed by atoms with Gasteiger partial charge in [0.15, 0.2) is 5.16 Å². The summed E-state index contributed by atoms with van der Waals surface area (Å²) in [4.78, 5) is 16.1. The Morgan fingerprint density at radius 3 is 2.91 bits per heavy atom. The van der Waals surface area contributed by atoms with Crippen molar-refractivity contribution < 1.29 is 4.79 Å².